The molecule has 0 radical (unpaired) electrons. The van der Waals surface area contributed by atoms with Gasteiger partial charge < -0.3 is 14.8 Å². The van der Waals surface area contributed by atoms with Crippen LogP contribution in [0.1, 0.15) is 29.8 Å². The molecule has 0 aliphatic carbocycles. The van der Waals surface area contributed by atoms with Crippen LogP contribution in [0.3, 0.4) is 0 Å². The van der Waals surface area contributed by atoms with Gasteiger partial charge in [0.25, 0.3) is 5.91 Å². The maximum absolute atomic E-state index is 12.8. The molecular weight excluding hydrogens is 365 g/mol. The van der Waals surface area contributed by atoms with Crippen LogP contribution >= 0.6 is 0 Å². The van der Waals surface area contributed by atoms with Gasteiger partial charge >= 0.3 is 5.97 Å². The molecule has 0 heterocycles. The van der Waals surface area contributed by atoms with E-state index < -0.39 is 18.0 Å². The average Bonchev–Trinajstić information content (AvgIpc) is 2.68. The maximum Gasteiger partial charge on any atom is 0.344 e. The van der Waals surface area contributed by atoms with Crippen molar-refractivity contribution >= 4 is 17.7 Å². The van der Waals surface area contributed by atoms with E-state index in [0.29, 0.717) is 24.3 Å². The number of amides is 1. The molecule has 1 atom stereocenters. The topological polar surface area (TPSA) is 81.7 Å². The molecule has 0 unspecified atom stereocenters. The number of ether oxygens (including phenoxy) is 2. The average molecular weight is 387 g/mol. The van der Waals surface area contributed by atoms with E-state index in [1.54, 1.807) is 36.4 Å². The first kappa shape index (κ1) is 21.1. The van der Waals surface area contributed by atoms with E-state index in [1.807, 2.05) is 0 Å². The van der Waals surface area contributed by atoms with Crippen molar-refractivity contribution in [2.24, 2.45) is 0 Å². The van der Waals surface area contributed by atoms with Gasteiger partial charge in [0.05, 0.1) is 0 Å². The Morgan fingerprint density at radius 2 is 1.68 bits per heavy atom. The van der Waals surface area contributed by atoms with Crippen LogP contribution in [0.4, 0.5) is 4.39 Å². The lowest BCUT2D eigenvalue weighted by Crippen LogP contribution is -2.37. The first-order chi connectivity index (χ1) is 13.3. The monoisotopic (exact) mass is 387 g/mol. The van der Waals surface area contributed by atoms with E-state index in [0.717, 1.165) is 5.56 Å². The molecule has 0 fully saturated rings. The standard InChI is InChI=1S/C21H22FNO5/c1-14(24)17-5-9-19(10-6-17)27-13-20(25)28-15(2)21(26)23-12-11-16-3-7-18(22)8-4-16/h3-10,15H,11-13H2,1-2H3,(H,23,26)/t15-/m0/s1. The lowest BCUT2D eigenvalue weighted by atomic mass is 10.1. The van der Waals surface area contributed by atoms with E-state index in [4.69, 9.17) is 9.47 Å². The second kappa shape index (κ2) is 10.2. The van der Waals surface area contributed by atoms with Gasteiger partial charge in [-0.25, -0.2) is 9.18 Å². The summed E-state index contributed by atoms with van der Waals surface area (Å²) in [4.78, 5) is 35.0. The van der Waals surface area contributed by atoms with Crippen molar-refractivity contribution in [2.45, 2.75) is 26.4 Å². The third-order valence-electron chi connectivity index (χ3n) is 3.92. The Morgan fingerprint density at radius 1 is 1.04 bits per heavy atom. The van der Waals surface area contributed by atoms with E-state index in [-0.39, 0.29) is 18.2 Å². The molecule has 0 aromatic heterocycles. The second-order valence-corrected chi connectivity index (χ2v) is 6.17. The van der Waals surface area contributed by atoms with E-state index in [1.165, 1.54) is 26.0 Å². The number of hydrogen-bond donors (Lipinski definition) is 1. The van der Waals surface area contributed by atoms with Gasteiger partial charge in [0.2, 0.25) is 0 Å². The van der Waals surface area contributed by atoms with Crippen molar-refractivity contribution in [1.82, 2.24) is 5.32 Å². The number of carbonyl (C=O) groups excluding carboxylic acids is 3. The predicted octanol–water partition coefficient (Wildman–Crippen LogP) is 2.70. The summed E-state index contributed by atoms with van der Waals surface area (Å²) < 4.78 is 23.2. The lowest BCUT2D eigenvalue weighted by molar-refractivity contribution is -0.156. The zero-order chi connectivity index (χ0) is 20.5. The molecule has 0 saturated heterocycles. The minimum absolute atomic E-state index is 0.0646. The zero-order valence-electron chi connectivity index (χ0n) is 15.7. The number of hydrogen-bond acceptors (Lipinski definition) is 5. The summed E-state index contributed by atoms with van der Waals surface area (Å²) in [5.41, 5.74) is 1.43. The molecule has 0 aliphatic rings. The molecule has 0 saturated carbocycles. The first-order valence-corrected chi connectivity index (χ1v) is 8.80. The summed E-state index contributed by atoms with van der Waals surface area (Å²) in [5, 5.41) is 2.66. The highest BCUT2D eigenvalue weighted by Gasteiger charge is 2.17. The molecule has 2 aromatic carbocycles. The number of carbonyl (C=O) groups is 3. The van der Waals surface area contributed by atoms with E-state index in [2.05, 4.69) is 5.32 Å². The lowest BCUT2D eigenvalue weighted by Gasteiger charge is -2.14. The molecule has 2 aromatic rings. The van der Waals surface area contributed by atoms with Gasteiger partial charge in [0, 0.05) is 12.1 Å². The number of halogens is 1. The van der Waals surface area contributed by atoms with Crippen molar-refractivity contribution in [1.29, 1.82) is 0 Å². The number of benzene rings is 2. The van der Waals surface area contributed by atoms with Gasteiger partial charge in [-0.2, -0.15) is 0 Å². The fraction of sp³-hybridized carbons (Fsp3) is 0.286. The van der Waals surface area contributed by atoms with Crippen molar-refractivity contribution in [2.75, 3.05) is 13.2 Å². The van der Waals surface area contributed by atoms with Crippen LogP contribution in [0.2, 0.25) is 0 Å². The summed E-state index contributed by atoms with van der Waals surface area (Å²) >= 11 is 0. The molecule has 0 aliphatic heterocycles. The Kier molecular flexibility index (Phi) is 7.68. The van der Waals surface area contributed by atoms with Gasteiger partial charge in [0.15, 0.2) is 18.5 Å². The van der Waals surface area contributed by atoms with E-state index >= 15 is 0 Å². The number of rotatable bonds is 9. The van der Waals surface area contributed by atoms with Crippen LogP contribution in [0, 0.1) is 5.82 Å². The minimum atomic E-state index is -0.968. The third-order valence-corrected chi connectivity index (χ3v) is 3.92. The summed E-state index contributed by atoms with van der Waals surface area (Å²) in [6, 6.07) is 12.4. The number of nitrogens with one attached hydrogen (secondary N) is 1. The fourth-order valence-electron chi connectivity index (χ4n) is 2.34. The molecule has 2 rings (SSSR count). The van der Waals surface area contributed by atoms with Crippen molar-refractivity contribution in [3.8, 4) is 5.75 Å². The Hall–Kier alpha value is -3.22. The summed E-state index contributed by atoms with van der Waals surface area (Å²) in [6.45, 7) is 2.91. The van der Waals surface area contributed by atoms with Crippen molar-refractivity contribution in [3.63, 3.8) is 0 Å². The summed E-state index contributed by atoms with van der Waals surface area (Å²) in [6.07, 6.45) is -0.434. The molecule has 1 N–H and O–H groups in total. The first-order valence-electron chi connectivity index (χ1n) is 8.80. The van der Waals surface area contributed by atoms with Crippen LogP contribution in [0.5, 0.6) is 5.75 Å². The van der Waals surface area contributed by atoms with Crippen molar-refractivity contribution < 1.29 is 28.2 Å². The zero-order valence-corrected chi connectivity index (χ0v) is 15.7. The SMILES string of the molecule is CC(=O)c1ccc(OCC(=O)O[C@@H](C)C(=O)NCCc2ccc(F)cc2)cc1. The van der Waals surface area contributed by atoms with Gasteiger partial charge in [0.1, 0.15) is 11.6 Å². The Bertz CT molecular complexity index is 818. The van der Waals surface area contributed by atoms with Crippen LogP contribution < -0.4 is 10.1 Å². The highest BCUT2D eigenvalue weighted by molar-refractivity contribution is 5.94. The molecule has 28 heavy (non-hydrogen) atoms. The number of esters is 1. The molecule has 0 bridgehead atoms. The van der Waals surface area contributed by atoms with E-state index in [9.17, 15) is 18.8 Å². The third kappa shape index (κ3) is 6.83. The summed E-state index contributed by atoms with van der Waals surface area (Å²) in [5.74, 6) is -1.08. The number of Topliss-reactive ketones (excluding diaryl/α,β-unsaturated/α-hetero) is 1. The van der Waals surface area contributed by atoms with Gasteiger partial charge in [-0.1, -0.05) is 12.1 Å². The number of ketones is 1. The predicted molar refractivity (Wildman–Crippen MR) is 101 cm³/mol. The molecule has 1 amide bonds. The molecule has 0 spiro atoms. The smallest absolute Gasteiger partial charge is 0.344 e. The molecule has 7 heteroatoms. The van der Waals surface area contributed by atoms with Crippen LogP contribution in [-0.4, -0.2) is 36.9 Å². The van der Waals surface area contributed by atoms with Gasteiger partial charge in [-0.05, 0) is 62.2 Å². The normalized spacial score (nSPS) is 11.4. The highest BCUT2D eigenvalue weighted by Crippen LogP contribution is 2.12. The second-order valence-electron chi connectivity index (χ2n) is 6.17. The van der Waals surface area contributed by atoms with Gasteiger partial charge in [-0.3, -0.25) is 9.59 Å². The largest absolute Gasteiger partial charge is 0.482 e. The fourth-order valence-corrected chi connectivity index (χ4v) is 2.34. The van der Waals surface area contributed by atoms with Crippen LogP contribution in [0.15, 0.2) is 48.5 Å². The minimum Gasteiger partial charge on any atom is -0.482 e. The molecule has 148 valence electrons. The Morgan fingerprint density at radius 3 is 2.29 bits per heavy atom. The van der Waals surface area contributed by atoms with Crippen LogP contribution in [0.25, 0.3) is 0 Å². The van der Waals surface area contributed by atoms with Crippen LogP contribution in [-0.2, 0) is 20.7 Å². The Balaban J connectivity index is 1.69. The van der Waals surface area contributed by atoms with Gasteiger partial charge in [-0.15, -0.1) is 0 Å². The Labute approximate surface area is 162 Å². The van der Waals surface area contributed by atoms with Crippen molar-refractivity contribution in [3.05, 3.63) is 65.5 Å². The molecular formula is C21H22FNO5. The highest BCUT2D eigenvalue weighted by atomic mass is 19.1. The maximum atomic E-state index is 12.8. The summed E-state index contributed by atoms with van der Waals surface area (Å²) in [7, 11) is 0. The molecule has 6 nitrogen and oxygen atoms in total. The quantitative estimate of drug-likeness (QED) is 0.529.